The van der Waals surface area contributed by atoms with Crippen LogP contribution in [0.25, 0.3) is 0 Å². The van der Waals surface area contributed by atoms with Crippen molar-refractivity contribution in [2.75, 3.05) is 6.61 Å². The Hall–Kier alpha value is -0.610. The summed E-state index contributed by atoms with van der Waals surface area (Å²) in [6.45, 7) is 8.33. The summed E-state index contributed by atoms with van der Waals surface area (Å²) in [7, 11) is 0. The van der Waals surface area contributed by atoms with E-state index in [0.29, 0.717) is 6.61 Å². The van der Waals surface area contributed by atoms with Gasteiger partial charge in [0, 0.05) is 6.04 Å². The highest BCUT2D eigenvalue weighted by atomic mass is 16.7. The monoisotopic (exact) mass is 243 g/mol. The Kier molecular flexibility index (Phi) is 5.40. The highest BCUT2D eigenvalue weighted by Gasteiger charge is 2.29. The predicted octanol–water partition coefficient (Wildman–Crippen LogP) is 2.43. The van der Waals surface area contributed by atoms with Gasteiger partial charge in [-0.15, -0.1) is 0 Å². The molecule has 0 aromatic heterocycles. The van der Waals surface area contributed by atoms with Gasteiger partial charge < -0.3 is 4.74 Å². The minimum Gasteiger partial charge on any atom is -0.466 e. The lowest BCUT2D eigenvalue weighted by molar-refractivity contribution is -0.151. The summed E-state index contributed by atoms with van der Waals surface area (Å²) in [5, 5.41) is 0. The maximum Gasteiger partial charge on any atom is 0.308 e. The normalized spacial score (nSPS) is 25.6. The van der Waals surface area contributed by atoms with Crippen molar-refractivity contribution in [3.05, 3.63) is 0 Å². The van der Waals surface area contributed by atoms with E-state index in [1.165, 1.54) is 0 Å². The summed E-state index contributed by atoms with van der Waals surface area (Å²) < 4.78 is 5.07. The molecule has 0 bridgehead atoms. The summed E-state index contributed by atoms with van der Waals surface area (Å²) in [6.07, 6.45) is 3.86. The van der Waals surface area contributed by atoms with Crippen molar-refractivity contribution >= 4 is 5.97 Å². The first-order valence-electron chi connectivity index (χ1n) is 6.52. The van der Waals surface area contributed by atoms with Gasteiger partial charge in [0.25, 0.3) is 0 Å². The number of hydroxylamine groups is 1. The molecule has 1 N–H and O–H groups in total. The van der Waals surface area contributed by atoms with Crippen LogP contribution >= 0.6 is 0 Å². The van der Waals surface area contributed by atoms with Crippen LogP contribution in [0.2, 0.25) is 0 Å². The van der Waals surface area contributed by atoms with Gasteiger partial charge in [0.05, 0.1) is 18.1 Å². The first-order valence-corrected chi connectivity index (χ1v) is 6.52. The van der Waals surface area contributed by atoms with Gasteiger partial charge in [-0.1, -0.05) is 6.42 Å². The van der Waals surface area contributed by atoms with Crippen molar-refractivity contribution in [3.8, 4) is 0 Å². The smallest absolute Gasteiger partial charge is 0.308 e. The standard InChI is InChI=1S/C13H25NO3/c1-5-16-12(15)10-7-6-8-11(9-10)14-17-13(2,3)4/h10-11,14H,5-9H2,1-4H3. The van der Waals surface area contributed by atoms with E-state index in [0.717, 1.165) is 25.7 Å². The minimum absolute atomic E-state index is 0.0322. The SMILES string of the molecule is CCOC(=O)C1CCCC(NOC(C)(C)C)C1. The van der Waals surface area contributed by atoms with Crippen LogP contribution in [0.1, 0.15) is 53.4 Å². The van der Waals surface area contributed by atoms with Gasteiger partial charge >= 0.3 is 5.97 Å². The first kappa shape index (κ1) is 14.5. The van der Waals surface area contributed by atoms with Crippen molar-refractivity contribution < 1.29 is 14.4 Å². The lowest BCUT2D eigenvalue weighted by Gasteiger charge is -2.30. The van der Waals surface area contributed by atoms with Gasteiger partial charge in [-0.05, 0) is 47.0 Å². The van der Waals surface area contributed by atoms with Crippen molar-refractivity contribution in [2.45, 2.75) is 65.0 Å². The second-order valence-electron chi connectivity index (χ2n) is 5.64. The molecule has 100 valence electrons. The highest BCUT2D eigenvalue weighted by molar-refractivity contribution is 5.72. The number of ether oxygens (including phenoxy) is 1. The number of carbonyl (C=O) groups excluding carboxylic acids is 1. The summed E-state index contributed by atoms with van der Waals surface area (Å²) >= 11 is 0. The zero-order valence-corrected chi connectivity index (χ0v) is 11.4. The van der Waals surface area contributed by atoms with E-state index in [2.05, 4.69) is 5.48 Å². The third-order valence-corrected chi connectivity index (χ3v) is 2.83. The van der Waals surface area contributed by atoms with Crippen molar-refractivity contribution in [2.24, 2.45) is 5.92 Å². The Balaban J connectivity index is 2.36. The average molecular weight is 243 g/mol. The third-order valence-electron chi connectivity index (χ3n) is 2.83. The topological polar surface area (TPSA) is 47.6 Å². The Bertz CT molecular complexity index is 248. The first-order chi connectivity index (χ1) is 7.92. The van der Waals surface area contributed by atoms with Gasteiger partial charge in [0.1, 0.15) is 0 Å². The molecule has 4 nitrogen and oxygen atoms in total. The van der Waals surface area contributed by atoms with Gasteiger partial charge in [0.15, 0.2) is 0 Å². The molecule has 1 saturated carbocycles. The maximum atomic E-state index is 11.7. The van der Waals surface area contributed by atoms with Crippen molar-refractivity contribution in [1.29, 1.82) is 0 Å². The molecule has 4 heteroatoms. The van der Waals surface area contributed by atoms with E-state index in [1.54, 1.807) is 0 Å². The highest BCUT2D eigenvalue weighted by Crippen LogP contribution is 2.25. The number of nitrogens with one attached hydrogen (secondary N) is 1. The number of esters is 1. The Morgan fingerprint density at radius 2 is 2.06 bits per heavy atom. The van der Waals surface area contributed by atoms with Crippen LogP contribution in [-0.2, 0) is 14.4 Å². The molecule has 0 aromatic carbocycles. The third kappa shape index (κ3) is 5.50. The summed E-state index contributed by atoms with van der Waals surface area (Å²) in [4.78, 5) is 17.2. The van der Waals surface area contributed by atoms with E-state index in [9.17, 15) is 4.79 Å². The van der Waals surface area contributed by atoms with Crippen LogP contribution in [0.5, 0.6) is 0 Å². The summed E-state index contributed by atoms with van der Waals surface area (Å²) in [5.74, 6) is -0.0282. The van der Waals surface area contributed by atoms with E-state index < -0.39 is 0 Å². The van der Waals surface area contributed by atoms with Gasteiger partial charge in [-0.25, -0.2) is 0 Å². The second kappa shape index (κ2) is 6.36. The maximum absolute atomic E-state index is 11.7. The molecular formula is C13H25NO3. The predicted molar refractivity (Wildman–Crippen MR) is 66.4 cm³/mol. The molecule has 0 saturated heterocycles. The van der Waals surface area contributed by atoms with Gasteiger partial charge in [0.2, 0.25) is 0 Å². The van der Waals surface area contributed by atoms with Crippen LogP contribution in [0, 0.1) is 5.92 Å². The number of rotatable bonds is 4. The Morgan fingerprint density at radius 1 is 1.35 bits per heavy atom. The summed E-state index contributed by atoms with van der Waals surface area (Å²) in [6, 6.07) is 0.261. The molecule has 1 aliphatic carbocycles. The molecule has 0 aliphatic heterocycles. The lowest BCUT2D eigenvalue weighted by atomic mass is 9.86. The molecule has 0 radical (unpaired) electrons. The lowest BCUT2D eigenvalue weighted by Crippen LogP contribution is -2.40. The molecule has 2 atom stereocenters. The molecule has 17 heavy (non-hydrogen) atoms. The fourth-order valence-electron chi connectivity index (χ4n) is 2.03. The van der Waals surface area contributed by atoms with E-state index in [-0.39, 0.29) is 23.5 Å². The van der Waals surface area contributed by atoms with Crippen LogP contribution < -0.4 is 5.48 Å². The molecule has 0 amide bonds. The Morgan fingerprint density at radius 3 is 2.65 bits per heavy atom. The molecule has 0 aromatic rings. The molecule has 1 aliphatic rings. The van der Waals surface area contributed by atoms with E-state index >= 15 is 0 Å². The number of carbonyl (C=O) groups is 1. The minimum atomic E-state index is -0.198. The molecular weight excluding hydrogens is 218 g/mol. The molecule has 0 heterocycles. The quantitative estimate of drug-likeness (QED) is 0.608. The number of hydrogen-bond acceptors (Lipinski definition) is 4. The molecule has 0 spiro atoms. The molecule has 2 unspecified atom stereocenters. The Labute approximate surface area is 104 Å². The number of hydrogen-bond donors (Lipinski definition) is 1. The fourth-order valence-corrected chi connectivity index (χ4v) is 2.03. The molecule has 1 fully saturated rings. The zero-order valence-electron chi connectivity index (χ0n) is 11.4. The van der Waals surface area contributed by atoms with Crippen LogP contribution in [-0.4, -0.2) is 24.2 Å². The molecule has 1 rings (SSSR count). The van der Waals surface area contributed by atoms with Gasteiger partial charge in [-0.2, -0.15) is 5.48 Å². The van der Waals surface area contributed by atoms with Crippen LogP contribution in [0.3, 0.4) is 0 Å². The second-order valence-corrected chi connectivity index (χ2v) is 5.64. The largest absolute Gasteiger partial charge is 0.466 e. The van der Waals surface area contributed by atoms with E-state index in [4.69, 9.17) is 9.57 Å². The summed E-state index contributed by atoms with van der Waals surface area (Å²) in [5.41, 5.74) is 2.88. The van der Waals surface area contributed by atoms with Crippen molar-refractivity contribution in [3.63, 3.8) is 0 Å². The van der Waals surface area contributed by atoms with Crippen LogP contribution in [0.15, 0.2) is 0 Å². The van der Waals surface area contributed by atoms with Crippen LogP contribution in [0.4, 0.5) is 0 Å². The van der Waals surface area contributed by atoms with Gasteiger partial charge in [-0.3, -0.25) is 9.63 Å². The van der Waals surface area contributed by atoms with Crippen molar-refractivity contribution in [1.82, 2.24) is 5.48 Å². The fraction of sp³-hybridized carbons (Fsp3) is 0.923. The zero-order chi connectivity index (χ0) is 12.9. The average Bonchev–Trinajstić information content (AvgIpc) is 2.26. The van der Waals surface area contributed by atoms with E-state index in [1.807, 2.05) is 27.7 Å².